The molecule has 24 heavy (non-hydrogen) atoms. The fraction of sp³-hybridized carbons (Fsp3) is 0.562. The van der Waals surface area contributed by atoms with Crippen molar-refractivity contribution >= 4 is 11.9 Å². The van der Waals surface area contributed by atoms with Crippen LogP contribution in [0.5, 0.6) is 11.8 Å². The summed E-state index contributed by atoms with van der Waals surface area (Å²) in [5, 5.41) is 3.04. The third kappa shape index (κ3) is 3.76. The number of hydrogen-bond acceptors (Lipinski definition) is 8. The molecule has 8 heteroatoms. The van der Waals surface area contributed by atoms with Gasteiger partial charge in [0.1, 0.15) is 12.1 Å². The molecule has 2 aliphatic heterocycles. The van der Waals surface area contributed by atoms with E-state index >= 15 is 0 Å². The Bertz CT molecular complexity index is 649. The zero-order chi connectivity index (χ0) is 17.4. The standard InChI is InChI=1S/C16H20N2O6/c1-15(2,3)21-11-5-4-10-8-17-9-16(24-14(10)18-11)22-12(19)6-7-13(20)23-16/h4-5,17H,6-9H2,1-3H3. The van der Waals surface area contributed by atoms with Gasteiger partial charge in [0.15, 0.2) is 0 Å². The van der Waals surface area contributed by atoms with Crippen LogP contribution in [0.2, 0.25) is 0 Å². The number of carbonyl (C=O) groups is 2. The highest BCUT2D eigenvalue weighted by atomic mass is 16.9. The van der Waals surface area contributed by atoms with Gasteiger partial charge in [-0.3, -0.25) is 9.59 Å². The van der Waals surface area contributed by atoms with Crippen molar-refractivity contribution in [2.24, 2.45) is 0 Å². The van der Waals surface area contributed by atoms with Gasteiger partial charge in [0.05, 0.1) is 12.8 Å². The number of fused-ring (bicyclic) bond motifs is 1. The largest absolute Gasteiger partial charge is 0.472 e. The summed E-state index contributed by atoms with van der Waals surface area (Å²) in [7, 11) is 0. The first-order valence-corrected chi connectivity index (χ1v) is 7.77. The minimum atomic E-state index is -1.84. The average Bonchev–Trinajstić information content (AvgIpc) is 2.70. The number of nitrogens with zero attached hydrogens (tertiary/aromatic N) is 1. The quantitative estimate of drug-likeness (QED) is 0.766. The molecule has 1 fully saturated rings. The van der Waals surface area contributed by atoms with Crippen molar-refractivity contribution in [3.8, 4) is 11.8 Å². The molecule has 130 valence electrons. The van der Waals surface area contributed by atoms with Crippen LogP contribution in [0.15, 0.2) is 12.1 Å². The van der Waals surface area contributed by atoms with Gasteiger partial charge in [-0.1, -0.05) is 0 Å². The second-order valence-corrected chi connectivity index (χ2v) is 6.66. The first-order valence-electron chi connectivity index (χ1n) is 7.77. The molecule has 0 unspecified atom stereocenters. The molecule has 2 aliphatic rings. The zero-order valence-corrected chi connectivity index (χ0v) is 13.9. The second-order valence-electron chi connectivity index (χ2n) is 6.66. The molecule has 0 bridgehead atoms. The summed E-state index contributed by atoms with van der Waals surface area (Å²) in [6.07, 6.45) is -0.0885. The molecule has 3 heterocycles. The Kier molecular flexibility index (Phi) is 4.08. The van der Waals surface area contributed by atoms with Crippen molar-refractivity contribution in [2.45, 2.75) is 51.7 Å². The number of ether oxygens (including phenoxy) is 4. The van der Waals surface area contributed by atoms with E-state index in [1.54, 1.807) is 12.1 Å². The Hall–Kier alpha value is -2.35. The van der Waals surface area contributed by atoms with Gasteiger partial charge in [-0.25, -0.2) is 0 Å². The normalized spacial score (nSPS) is 20.1. The van der Waals surface area contributed by atoms with E-state index in [-0.39, 0.29) is 25.3 Å². The van der Waals surface area contributed by atoms with Crippen LogP contribution in [0.25, 0.3) is 0 Å². The number of carbonyl (C=O) groups excluding carboxylic acids is 2. The molecule has 1 N–H and O–H groups in total. The summed E-state index contributed by atoms with van der Waals surface area (Å²) in [5.74, 6) is -2.40. The highest BCUT2D eigenvalue weighted by molar-refractivity contribution is 5.79. The van der Waals surface area contributed by atoms with E-state index < -0.39 is 23.5 Å². The Morgan fingerprint density at radius 2 is 1.79 bits per heavy atom. The van der Waals surface area contributed by atoms with Crippen molar-refractivity contribution in [3.63, 3.8) is 0 Å². The van der Waals surface area contributed by atoms with Crippen molar-refractivity contribution in [1.82, 2.24) is 10.3 Å². The lowest BCUT2D eigenvalue weighted by Crippen LogP contribution is -2.50. The molecule has 1 aromatic heterocycles. The highest BCUT2D eigenvalue weighted by Gasteiger charge is 2.46. The maximum absolute atomic E-state index is 11.8. The third-order valence-corrected chi connectivity index (χ3v) is 3.31. The summed E-state index contributed by atoms with van der Waals surface area (Å²) in [4.78, 5) is 27.9. The van der Waals surface area contributed by atoms with Gasteiger partial charge in [0.25, 0.3) is 0 Å². The maximum Gasteiger partial charge on any atom is 0.435 e. The molecule has 1 saturated heterocycles. The second kappa shape index (κ2) is 5.94. The van der Waals surface area contributed by atoms with Gasteiger partial charge in [-0.05, 0) is 26.8 Å². The molecule has 3 rings (SSSR count). The van der Waals surface area contributed by atoms with Crippen LogP contribution in [-0.4, -0.2) is 35.0 Å². The van der Waals surface area contributed by atoms with Crippen molar-refractivity contribution < 1.29 is 28.5 Å². The molecule has 0 radical (unpaired) electrons. The van der Waals surface area contributed by atoms with E-state index in [0.717, 1.165) is 5.56 Å². The molecule has 0 amide bonds. The van der Waals surface area contributed by atoms with Gasteiger partial charge < -0.3 is 24.3 Å². The van der Waals surface area contributed by atoms with Crippen LogP contribution >= 0.6 is 0 Å². The summed E-state index contributed by atoms with van der Waals surface area (Å²) < 4.78 is 21.9. The van der Waals surface area contributed by atoms with E-state index in [1.165, 1.54) is 0 Å². The van der Waals surface area contributed by atoms with Gasteiger partial charge in [0.2, 0.25) is 11.8 Å². The lowest BCUT2D eigenvalue weighted by molar-refractivity contribution is -0.301. The predicted molar refractivity (Wildman–Crippen MR) is 81.1 cm³/mol. The first kappa shape index (κ1) is 16.5. The van der Waals surface area contributed by atoms with Crippen molar-refractivity contribution in [3.05, 3.63) is 17.7 Å². The maximum atomic E-state index is 11.8. The summed E-state index contributed by atoms with van der Waals surface area (Å²) >= 11 is 0. The third-order valence-electron chi connectivity index (χ3n) is 3.31. The van der Waals surface area contributed by atoms with Crippen LogP contribution in [0, 0.1) is 0 Å². The number of nitrogens with one attached hydrogen (secondary N) is 1. The fourth-order valence-corrected chi connectivity index (χ4v) is 2.37. The summed E-state index contributed by atoms with van der Waals surface area (Å²) in [5.41, 5.74) is 0.313. The van der Waals surface area contributed by atoms with E-state index in [1.807, 2.05) is 20.8 Å². The fourth-order valence-electron chi connectivity index (χ4n) is 2.37. The number of aromatic nitrogens is 1. The minimum Gasteiger partial charge on any atom is -0.472 e. The van der Waals surface area contributed by atoms with Crippen LogP contribution in [0.4, 0.5) is 0 Å². The Labute approximate surface area is 139 Å². The molecule has 0 aromatic carbocycles. The van der Waals surface area contributed by atoms with Crippen LogP contribution in [-0.2, 0) is 25.6 Å². The topological polar surface area (TPSA) is 96.0 Å². The monoisotopic (exact) mass is 336 g/mol. The summed E-state index contributed by atoms with van der Waals surface area (Å²) in [6.45, 7) is 6.14. The van der Waals surface area contributed by atoms with Crippen LogP contribution in [0.3, 0.4) is 0 Å². The van der Waals surface area contributed by atoms with Crippen LogP contribution in [0.1, 0.15) is 39.2 Å². The Balaban J connectivity index is 1.92. The Morgan fingerprint density at radius 1 is 1.12 bits per heavy atom. The lowest BCUT2D eigenvalue weighted by Gasteiger charge is -2.29. The van der Waals surface area contributed by atoms with Crippen molar-refractivity contribution in [2.75, 3.05) is 6.54 Å². The number of hydrogen-bond donors (Lipinski definition) is 1. The first-order chi connectivity index (χ1) is 11.2. The predicted octanol–water partition coefficient (Wildman–Crippen LogP) is 1.27. The molecular weight excluding hydrogens is 316 g/mol. The highest BCUT2D eigenvalue weighted by Crippen LogP contribution is 2.31. The minimum absolute atomic E-state index is 0.0102. The molecule has 1 aromatic rings. The summed E-state index contributed by atoms with van der Waals surface area (Å²) in [6, 6.07) is 3.54. The average molecular weight is 336 g/mol. The lowest BCUT2D eigenvalue weighted by atomic mass is 10.2. The zero-order valence-electron chi connectivity index (χ0n) is 13.9. The van der Waals surface area contributed by atoms with E-state index in [4.69, 9.17) is 18.9 Å². The molecule has 0 saturated carbocycles. The molecule has 1 spiro atoms. The van der Waals surface area contributed by atoms with Gasteiger partial charge in [-0.2, -0.15) is 4.98 Å². The van der Waals surface area contributed by atoms with Gasteiger partial charge in [0, 0.05) is 18.2 Å². The molecule has 0 aliphatic carbocycles. The van der Waals surface area contributed by atoms with E-state index in [2.05, 4.69) is 10.3 Å². The number of rotatable bonds is 1. The smallest absolute Gasteiger partial charge is 0.435 e. The van der Waals surface area contributed by atoms with Crippen molar-refractivity contribution in [1.29, 1.82) is 0 Å². The van der Waals surface area contributed by atoms with E-state index in [9.17, 15) is 9.59 Å². The van der Waals surface area contributed by atoms with E-state index in [0.29, 0.717) is 12.4 Å². The van der Waals surface area contributed by atoms with Gasteiger partial charge >= 0.3 is 17.9 Å². The Morgan fingerprint density at radius 3 is 2.42 bits per heavy atom. The number of esters is 2. The SMILES string of the molecule is CC(C)(C)Oc1ccc2c(n1)OC1(CNC2)OC(=O)CCC(=O)O1. The molecule has 0 atom stereocenters. The van der Waals surface area contributed by atoms with Crippen LogP contribution < -0.4 is 14.8 Å². The molecule has 8 nitrogen and oxygen atoms in total. The molecular formula is C16H20N2O6. The van der Waals surface area contributed by atoms with Gasteiger partial charge in [-0.15, -0.1) is 0 Å². The number of pyridine rings is 1.